The Balaban J connectivity index is 2.15. The van der Waals surface area contributed by atoms with Gasteiger partial charge in [-0.25, -0.2) is 9.78 Å². The molecule has 0 spiro atoms. The van der Waals surface area contributed by atoms with E-state index in [1.165, 1.54) is 0 Å². The van der Waals surface area contributed by atoms with Gasteiger partial charge in [0.2, 0.25) is 5.78 Å². The molecule has 1 saturated heterocycles. The van der Waals surface area contributed by atoms with Crippen molar-refractivity contribution in [2.75, 3.05) is 6.54 Å². The first-order valence-corrected chi connectivity index (χ1v) is 8.66. The van der Waals surface area contributed by atoms with E-state index in [-0.39, 0.29) is 28.8 Å². The Hall–Kier alpha value is -2.38. The standard InChI is InChI=1S/C18H19ClN2O5/c1-9(2)26-10-4-5-11-12(8-10)14(22)13(21-16(11)19)15(23)18(17(24)25)6-3-7-20-18/h4-5,8-9,20,22H,3,6-7H2,1-2H3,(H,24,25). The van der Waals surface area contributed by atoms with Crippen LogP contribution in [-0.4, -0.2) is 45.1 Å². The molecule has 0 amide bonds. The largest absolute Gasteiger partial charge is 0.505 e. The summed E-state index contributed by atoms with van der Waals surface area (Å²) in [5.74, 6) is -2.01. The second-order valence-electron chi connectivity index (χ2n) is 6.54. The van der Waals surface area contributed by atoms with E-state index in [1.807, 2.05) is 13.8 Å². The number of Topliss-reactive ketones (excluding diaryl/α,β-unsaturated/α-hetero) is 1. The predicted octanol–water partition coefficient (Wildman–Crippen LogP) is 2.77. The highest BCUT2D eigenvalue weighted by Crippen LogP contribution is 2.37. The Morgan fingerprint density at radius 1 is 1.35 bits per heavy atom. The molecular formula is C18H19ClN2O5. The Morgan fingerprint density at radius 3 is 2.65 bits per heavy atom. The molecule has 1 fully saturated rings. The Morgan fingerprint density at radius 2 is 2.08 bits per heavy atom. The van der Waals surface area contributed by atoms with Crippen LogP contribution in [0, 0.1) is 0 Å². The number of aromatic nitrogens is 1. The number of nitrogens with one attached hydrogen (secondary N) is 1. The SMILES string of the molecule is CC(C)Oc1ccc2c(Cl)nc(C(=O)C3(C(=O)O)CCCN3)c(O)c2c1. The van der Waals surface area contributed by atoms with Crippen LogP contribution in [0.4, 0.5) is 0 Å². The predicted molar refractivity (Wildman–Crippen MR) is 96.1 cm³/mol. The number of aliphatic carboxylic acids is 1. The molecule has 0 saturated carbocycles. The summed E-state index contributed by atoms with van der Waals surface area (Å²) in [5, 5.41) is 23.7. The molecule has 1 unspecified atom stereocenters. The van der Waals surface area contributed by atoms with E-state index in [4.69, 9.17) is 16.3 Å². The highest BCUT2D eigenvalue weighted by Gasteiger charge is 2.50. The van der Waals surface area contributed by atoms with Crippen LogP contribution in [0.5, 0.6) is 11.5 Å². The summed E-state index contributed by atoms with van der Waals surface area (Å²) < 4.78 is 5.61. The van der Waals surface area contributed by atoms with Gasteiger partial charge in [-0.1, -0.05) is 11.6 Å². The van der Waals surface area contributed by atoms with Crippen molar-refractivity contribution in [3.05, 3.63) is 29.0 Å². The molecule has 3 rings (SSSR count). The average molecular weight is 379 g/mol. The van der Waals surface area contributed by atoms with E-state index in [2.05, 4.69) is 10.3 Å². The quantitative estimate of drug-likeness (QED) is 0.417. The lowest BCUT2D eigenvalue weighted by atomic mass is 9.89. The normalized spacial score (nSPS) is 19.8. The van der Waals surface area contributed by atoms with Gasteiger partial charge in [-0.3, -0.25) is 10.1 Å². The molecule has 7 nitrogen and oxygen atoms in total. The lowest BCUT2D eigenvalue weighted by Crippen LogP contribution is -2.54. The first-order chi connectivity index (χ1) is 12.3. The maximum Gasteiger partial charge on any atom is 0.332 e. The second kappa shape index (κ2) is 6.74. The summed E-state index contributed by atoms with van der Waals surface area (Å²) in [6.45, 7) is 4.12. The van der Waals surface area contributed by atoms with E-state index in [9.17, 15) is 19.8 Å². The van der Waals surface area contributed by atoms with Crippen LogP contribution in [-0.2, 0) is 4.79 Å². The molecule has 0 bridgehead atoms. The molecule has 1 aromatic heterocycles. The molecule has 138 valence electrons. The number of hydrogen-bond donors (Lipinski definition) is 3. The topological polar surface area (TPSA) is 109 Å². The average Bonchev–Trinajstić information content (AvgIpc) is 3.08. The summed E-state index contributed by atoms with van der Waals surface area (Å²) in [6, 6.07) is 4.88. The number of carbonyl (C=O) groups is 2. The number of pyridine rings is 1. The summed E-state index contributed by atoms with van der Waals surface area (Å²) >= 11 is 6.18. The van der Waals surface area contributed by atoms with Crippen molar-refractivity contribution in [3.8, 4) is 11.5 Å². The molecule has 0 radical (unpaired) electrons. The minimum absolute atomic E-state index is 0.00998. The molecule has 0 aliphatic carbocycles. The van der Waals surface area contributed by atoms with Gasteiger partial charge in [0.25, 0.3) is 0 Å². The van der Waals surface area contributed by atoms with Crippen LogP contribution < -0.4 is 10.1 Å². The third-order valence-corrected chi connectivity index (χ3v) is 4.69. The van der Waals surface area contributed by atoms with Crippen LogP contribution >= 0.6 is 11.6 Å². The molecule has 8 heteroatoms. The number of aromatic hydroxyl groups is 1. The highest BCUT2D eigenvalue weighted by atomic mass is 35.5. The van der Waals surface area contributed by atoms with Crippen LogP contribution in [0.25, 0.3) is 10.8 Å². The van der Waals surface area contributed by atoms with Gasteiger partial charge >= 0.3 is 5.97 Å². The lowest BCUT2D eigenvalue weighted by molar-refractivity contribution is -0.142. The summed E-state index contributed by atoms with van der Waals surface area (Å²) in [5.41, 5.74) is -2.16. The van der Waals surface area contributed by atoms with Gasteiger partial charge in [-0.15, -0.1) is 0 Å². The van der Waals surface area contributed by atoms with Gasteiger partial charge in [-0.2, -0.15) is 0 Å². The summed E-state index contributed by atoms with van der Waals surface area (Å²) in [6.07, 6.45) is 0.576. The molecule has 3 N–H and O–H groups in total. The molecule has 26 heavy (non-hydrogen) atoms. The zero-order valence-corrected chi connectivity index (χ0v) is 15.1. The zero-order chi connectivity index (χ0) is 19.1. The monoisotopic (exact) mass is 378 g/mol. The van der Waals surface area contributed by atoms with E-state index in [0.717, 1.165) is 0 Å². The van der Waals surface area contributed by atoms with Crippen LogP contribution in [0.1, 0.15) is 37.2 Å². The number of carbonyl (C=O) groups excluding carboxylic acids is 1. The minimum atomic E-state index is -1.80. The highest BCUT2D eigenvalue weighted by molar-refractivity contribution is 6.35. The molecule has 2 heterocycles. The molecule has 1 aliphatic rings. The fraction of sp³-hybridized carbons (Fsp3) is 0.389. The third kappa shape index (κ3) is 2.97. The van der Waals surface area contributed by atoms with Gasteiger partial charge in [-0.05, 0) is 51.4 Å². The zero-order valence-electron chi connectivity index (χ0n) is 14.4. The van der Waals surface area contributed by atoms with Crippen LogP contribution in [0.3, 0.4) is 0 Å². The summed E-state index contributed by atoms with van der Waals surface area (Å²) in [4.78, 5) is 28.6. The number of hydrogen-bond acceptors (Lipinski definition) is 6. The first kappa shape index (κ1) is 18.4. The fourth-order valence-electron chi connectivity index (χ4n) is 3.16. The number of carboxylic acid groups (broad SMARTS) is 1. The van der Waals surface area contributed by atoms with Crippen molar-refractivity contribution in [2.24, 2.45) is 0 Å². The molecular weight excluding hydrogens is 360 g/mol. The first-order valence-electron chi connectivity index (χ1n) is 8.28. The molecule has 1 aliphatic heterocycles. The van der Waals surface area contributed by atoms with Crippen LogP contribution in [0.2, 0.25) is 5.15 Å². The van der Waals surface area contributed by atoms with Gasteiger partial charge in [0, 0.05) is 10.8 Å². The van der Waals surface area contributed by atoms with Crippen molar-refractivity contribution in [1.29, 1.82) is 0 Å². The molecule has 1 atom stereocenters. The number of nitrogens with zero attached hydrogens (tertiary/aromatic N) is 1. The van der Waals surface area contributed by atoms with Crippen molar-refractivity contribution in [1.82, 2.24) is 10.3 Å². The van der Waals surface area contributed by atoms with E-state index in [1.54, 1.807) is 18.2 Å². The second-order valence-corrected chi connectivity index (χ2v) is 6.90. The Bertz CT molecular complexity index is 891. The summed E-state index contributed by atoms with van der Waals surface area (Å²) in [7, 11) is 0. The lowest BCUT2D eigenvalue weighted by Gasteiger charge is -2.23. The maximum atomic E-state index is 12.9. The van der Waals surface area contributed by atoms with Crippen molar-refractivity contribution >= 4 is 34.1 Å². The molecule has 2 aromatic rings. The van der Waals surface area contributed by atoms with Crippen molar-refractivity contribution in [3.63, 3.8) is 0 Å². The van der Waals surface area contributed by atoms with Crippen LogP contribution in [0.15, 0.2) is 18.2 Å². The number of carboxylic acids is 1. The van der Waals surface area contributed by atoms with Gasteiger partial charge in [0.05, 0.1) is 6.10 Å². The Labute approximate surface area is 154 Å². The maximum absolute atomic E-state index is 12.9. The van der Waals surface area contributed by atoms with E-state index in [0.29, 0.717) is 24.1 Å². The fourth-order valence-corrected chi connectivity index (χ4v) is 3.41. The smallest absolute Gasteiger partial charge is 0.332 e. The van der Waals surface area contributed by atoms with Gasteiger partial charge < -0.3 is 14.9 Å². The number of halogens is 1. The number of ketones is 1. The van der Waals surface area contributed by atoms with E-state index < -0.39 is 23.0 Å². The van der Waals surface area contributed by atoms with Gasteiger partial charge in [0.1, 0.15) is 10.9 Å². The molecule has 1 aromatic carbocycles. The van der Waals surface area contributed by atoms with Gasteiger partial charge in [0.15, 0.2) is 17.0 Å². The number of benzene rings is 1. The number of ether oxygens (including phenoxy) is 1. The minimum Gasteiger partial charge on any atom is -0.505 e. The number of rotatable bonds is 5. The van der Waals surface area contributed by atoms with Crippen molar-refractivity contribution < 1.29 is 24.5 Å². The third-order valence-electron chi connectivity index (χ3n) is 4.40. The van der Waals surface area contributed by atoms with Crippen molar-refractivity contribution in [2.45, 2.75) is 38.3 Å². The Kier molecular flexibility index (Phi) is 4.77. The number of fused-ring (bicyclic) bond motifs is 1. The van der Waals surface area contributed by atoms with E-state index >= 15 is 0 Å².